The lowest BCUT2D eigenvalue weighted by atomic mass is 9.97. The zero-order valence-corrected chi connectivity index (χ0v) is 13.7. The van der Waals surface area contributed by atoms with Crippen LogP contribution in [0.25, 0.3) is 0 Å². The van der Waals surface area contributed by atoms with Gasteiger partial charge in [0, 0.05) is 17.8 Å². The first kappa shape index (κ1) is 16.6. The molecule has 8 heteroatoms. The fourth-order valence-corrected chi connectivity index (χ4v) is 2.88. The first-order chi connectivity index (χ1) is 11.8. The number of nitro groups is 1. The van der Waals surface area contributed by atoms with E-state index in [0.717, 1.165) is 4.90 Å². The molecule has 0 spiro atoms. The largest absolute Gasteiger partial charge is 0.325 e. The van der Waals surface area contributed by atoms with Crippen molar-refractivity contribution >= 4 is 17.6 Å². The molecule has 1 aromatic carbocycles. The van der Waals surface area contributed by atoms with Crippen LogP contribution in [0.3, 0.4) is 0 Å². The van der Waals surface area contributed by atoms with Gasteiger partial charge < -0.3 is 5.32 Å². The van der Waals surface area contributed by atoms with Crippen molar-refractivity contribution in [3.63, 3.8) is 0 Å². The number of benzene rings is 1. The van der Waals surface area contributed by atoms with Crippen LogP contribution in [0.4, 0.5) is 10.5 Å². The van der Waals surface area contributed by atoms with E-state index in [-0.39, 0.29) is 12.2 Å². The number of hydrogen-bond acceptors (Lipinski definition) is 5. The number of urea groups is 1. The molecule has 0 bridgehead atoms. The quantitative estimate of drug-likeness (QED) is 0.522. The summed E-state index contributed by atoms with van der Waals surface area (Å²) in [6.45, 7) is 3.15. The summed E-state index contributed by atoms with van der Waals surface area (Å²) in [5.41, 5.74) is 0.110. The fourth-order valence-electron chi connectivity index (χ4n) is 2.88. The summed E-state index contributed by atoms with van der Waals surface area (Å²) in [6.07, 6.45) is 1.55. The van der Waals surface area contributed by atoms with E-state index in [2.05, 4.69) is 10.3 Å². The molecule has 1 atom stereocenters. The zero-order valence-electron chi connectivity index (χ0n) is 13.7. The molecule has 1 N–H and O–H groups in total. The Kier molecular flexibility index (Phi) is 3.96. The van der Waals surface area contributed by atoms with Crippen molar-refractivity contribution in [2.75, 3.05) is 0 Å². The average Bonchev–Trinajstić information content (AvgIpc) is 2.81. The molecule has 0 aliphatic carbocycles. The van der Waals surface area contributed by atoms with Gasteiger partial charge in [0.25, 0.3) is 11.6 Å². The van der Waals surface area contributed by atoms with Gasteiger partial charge in [-0.25, -0.2) is 4.79 Å². The summed E-state index contributed by atoms with van der Waals surface area (Å²) in [4.78, 5) is 41.0. The Morgan fingerprint density at radius 2 is 2.00 bits per heavy atom. The highest BCUT2D eigenvalue weighted by molar-refractivity contribution is 6.06. The molecular formula is C17H16N4O4. The second-order valence-electron chi connectivity index (χ2n) is 5.98. The molecule has 128 valence electrons. The number of aromatic nitrogens is 1. The molecule has 1 aliphatic heterocycles. The van der Waals surface area contributed by atoms with Crippen molar-refractivity contribution in [2.24, 2.45) is 0 Å². The van der Waals surface area contributed by atoms with E-state index in [1.807, 2.05) is 0 Å². The first-order valence-corrected chi connectivity index (χ1v) is 7.63. The minimum absolute atomic E-state index is 0.0411. The average molecular weight is 340 g/mol. The Morgan fingerprint density at radius 3 is 2.64 bits per heavy atom. The lowest BCUT2D eigenvalue weighted by Gasteiger charge is -2.21. The molecule has 8 nitrogen and oxygen atoms in total. The van der Waals surface area contributed by atoms with Crippen LogP contribution in [-0.2, 0) is 16.9 Å². The maximum atomic E-state index is 12.8. The molecular weight excluding hydrogens is 324 g/mol. The predicted octanol–water partition coefficient (Wildman–Crippen LogP) is 2.27. The highest BCUT2D eigenvalue weighted by atomic mass is 16.6. The Morgan fingerprint density at radius 1 is 1.24 bits per heavy atom. The molecule has 25 heavy (non-hydrogen) atoms. The number of rotatable bonds is 4. The van der Waals surface area contributed by atoms with Crippen LogP contribution in [0, 0.1) is 17.0 Å². The van der Waals surface area contributed by atoms with Crippen molar-refractivity contribution in [3.05, 3.63) is 69.5 Å². The molecule has 2 heterocycles. The van der Waals surface area contributed by atoms with Gasteiger partial charge in [-0.15, -0.1) is 0 Å². The molecule has 1 aromatic heterocycles. The first-order valence-electron chi connectivity index (χ1n) is 7.63. The van der Waals surface area contributed by atoms with Crippen LogP contribution in [-0.4, -0.2) is 26.7 Å². The third kappa shape index (κ3) is 2.71. The number of nitrogens with zero attached hydrogens (tertiary/aromatic N) is 3. The van der Waals surface area contributed by atoms with Gasteiger partial charge >= 0.3 is 6.03 Å². The normalized spacial score (nSPS) is 19.8. The van der Waals surface area contributed by atoms with E-state index < -0.39 is 22.4 Å². The molecule has 2 aromatic rings. The number of nitro benzene ring substituents is 1. The Balaban J connectivity index is 1.93. The Labute approximate surface area is 143 Å². The molecule has 0 radical (unpaired) electrons. The van der Waals surface area contributed by atoms with E-state index in [1.54, 1.807) is 44.3 Å². The van der Waals surface area contributed by atoms with Gasteiger partial charge in [-0.3, -0.25) is 24.8 Å². The summed E-state index contributed by atoms with van der Waals surface area (Å²) in [5, 5.41) is 13.7. The van der Waals surface area contributed by atoms with Crippen molar-refractivity contribution in [1.29, 1.82) is 0 Å². The van der Waals surface area contributed by atoms with Gasteiger partial charge in [0.15, 0.2) is 5.54 Å². The smallest absolute Gasteiger partial charge is 0.318 e. The highest BCUT2D eigenvalue weighted by Gasteiger charge is 2.50. The Bertz CT molecular complexity index is 868. The molecule has 3 amide bonds. The maximum absolute atomic E-state index is 12.8. The lowest BCUT2D eigenvalue weighted by Crippen LogP contribution is -2.41. The number of imide groups is 1. The second-order valence-corrected chi connectivity index (χ2v) is 5.98. The summed E-state index contributed by atoms with van der Waals surface area (Å²) >= 11 is 0. The highest BCUT2D eigenvalue weighted by Crippen LogP contribution is 2.30. The summed E-state index contributed by atoms with van der Waals surface area (Å²) < 4.78 is 0. The van der Waals surface area contributed by atoms with Gasteiger partial charge in [-0.05, 0) is 31.5 Å². The molecule has 0 unspecified atom stereocenters. The van der Waals surface area contributed by atoms with Crippen molar-refractivity contribution in [2.45, 2.75) is 25.9 Å². The number of pyridine rings is 1. The van der Waals surface area contributed by atoms with Crippen LogP contribution in [0.1, 0.15) is 23.7 Å². The van der Waals surface area contributed by atoms with Gasteiger partial charge in [0.2, 0.25) is 0 Å². The number of carbonyl (C=O) groups is 2. The van der Waals surface area contributed by atoms with Crippen molar-refractivity contribution in [3.8, 4) is 0 Å². The summed E-state index contributed by atoms with van der Waals surface area (Å²) in [6, 6.07) is 9.17. The van der Waals surface area contributed by atoms with E-state index in [9.17, 15) is 19.7 Å². The topological polar surface area (TPSA) is 105 Å². The lowest BCUT2D eigenvalue weighted by molar-refractivity contribution is -0.385. The van der Waals surface area contributed by atoms with Crippen LogP contribution in [0.5, 0.6) is 0 Å². The van der Waals surface area contributed by atoms with E-state index >= 15 is 0 Å². The van der Waals surface area contributed by atoms with Crippen LogP contribution < -0.4 is 5.32 Å². The summed E-state index contributed by atoms with van der Waals surface area (Å²) in [7, 11) is 0. The number of hydrogen-bond donors (Lipinski definition) is 1. The number of nitrogens with one attached hydrogen (secondary N) is 1. The monoisotopic (exact) mass is 340 g/mol. The van der Waals surface area contributed by atoms with E-state index in [1.165, 1.54) is 12.1 Å². The fraction of sp³-hybridized carbons (Fsp3) is 0.235. The van der Waals surface area contributed by atoms with Gasteiger partial charge in [-0.1, -0.05) is 18.2 Å². The minimum atomic E-state index is -1.26. The molecule has 0 saturated carbocycles. The molecule has 1 aliphatic rings. The van der Waals surface area contributed by atoms with Crippen LogP contribution in [0.15, 0.2) is 42.6 Å². The third-order valence-corrected chi connectivity index (χ3v) is 4.39. The van der Waals surface area contributed by atoms with E-state index in [0.29, 0.717) is 16.8 Å². The van der Waals surface area contributed by atoms with Crippen LogP contribution >= 0.6 is 0 Å². The molecule has 1 saturated heterocycles. The van der Waals surface area contributed by atoms with Crippen LogP contribution in [0.2, 0.25) is 0 Å². The Hall–Kier alpha value is -3.29. The molecule has 3 rings (SSSR count). The summed E-state index contributed by atoms with van der Waals surface area (Å²) in [5.74, 6) is -0.442. The number of amides is 3. The van der Waals surface area contributed by atoms with Crippen molar-refractivity contribution < 1.29 is 14.5 Å². The zero-order chi connectivity index (χ0) is 18.2. The van der Waals surface area contributed by atoms with Gasteiger partial charge in [0.1, 0.15) is 0 Å². The predicted molar refractivity (Wildman–Crippen MR) is 88.5 cm³/mol. The maximum Gasteiger partial charge on any atom is 0.325 e. The number of carbonyl (C=O) groups excluding carboxylic acids is 2. The SMILES string of the molecule is Cc1c(CN2C(=O)N[C@@](C)(c3ccccn3)C2=O)cccc1[N+](=O)[O-]. The third-order valence-electron chi connectivity index (χ3n) is 4.39. The van der Waals surface area contributed by atoms with Gasteiger partial charge in [-0.2, -0.15) is 0 Å². The van der Waals surface area contributed by atoms with E-state index in [4.69, 9.17) is 0 Å². The molecule has 1 fully saturated rings. The van der Waals surface area contributed by atoms with Gasteiger partial charge in [0.05, 0.1) is 17.2 Å². The second kappa shape index (κ2) is 5.97. The standard InChI is InChI=1S/C17H16N4O4/c1-11-12(6-5-7-13(11)21(24)25)10-20-15(22)17(2,19-16(20)23)14-8-3-4-9-18-14/h3-9H,10H2,1-2H3,(H,19,23)/t17-/m0/s1. The van der Waals surface area contributed by atoms with Crippen molar-refractivity contribution in [1.82, 2.24) is 15.2 Å². The minimum Gasteiger partial charge on any atom is -0.318 e.